The molecule has 4 rings (SSSR count). The van der Waals surface area contributed by atoms with Gasteiger partial charge in [-0.15, -0.1) is 0 Å². The van der Waals surface area contributed by atoms with Crippen LogP contribution in [0.15, 0.2) is 38.4 Å². The van der Waals surface area contributed by atoms with Crippen LogP contribution in [-0.2, 0) is 30.2 Å². The minimum atomic E-state index is -3.74. The van der Waals surface area contributed by atoms with Crippen LogP contribution in [0, 0.1) is 0 Å². The molecule has 1 aliphatic rings. The highest BCUT2D eigenvalue weighted by molar-refractivity contribution is 7.89. The second-order valence-electron chi connectivity index (χ2n) is 6.35. The highest BCUT2D eigenvalue weighted by atomic mass is 32.2. The van der Waals surface area contributed by atoms with Crippen molar-refractivity contribution >= 4 is 21.1 Å². The lowest BCUT2D eigenvalue weighted by atomic mass is 10.2. The van der Waals surface area contributed by atoms with E-state index in [1.165, 1.54) is 34.1 Å². The first-order chi connectivity index (χ1) is 12.3. The molecule has 0 amide bonds. The number of rotatable bonds is 3. The number of aliphatic hydroxyl groups excluding tert-OH is 1. The predicted molar refractivity (Wildman–Crippen MR) is 91.9 cm³/mol. The van der Waals surface area contributed by atoms with Gasteiger partial charge in [-0.3, -0.25) is 9.25 Å². The van der Waals surface area contributed by atoms with Gasteiger partial charge in [-0.1, -0.05) is 0 Å². The molecule has 0 fully saturated rings. The average Bonchev–Trinajstić information content (AvgIpc) is 3.15. The molecule has 0 saturated heterocycles. The molecule has 0 radical (unpaired) electrons. The van der Waals surface area contributed by atoms with Crippen LogP contribution in [0.25, 0.3) is 11.1 Å². The van der Waals surface area contributed by atoms with E-state index < -0.39 is 21.9 Å². The summed E-state index contributed by atoms with van der Waals surface area (Å²) in [4.78, 5) is 11.7. The third-order valence-corrected chi connectivity index (χ3v) is 6.45. The Morgan fingerprint density at radius 3 is 2.77 bits per heavy atom. The summed E-state index contributed by atoms with van der Waals surface area (Å²) < 4.78 is 35.5. The lowest BCUT2D eigenvalue weighted by Crippen LogP contribution is -2.38. The van der Waals surface area contributed by atoms with Gasteiger partial charge in [0.2, 0.25) is 10.0 Å². The Kier molecular flexibility index (Phi) is 3.79. The first-order valence-electron chi connectivity index (χ1n) is 8.12. The number of aliphatic hydroxyl groups is 1. The summed E-state index contributed by atoms with van der Waals surface area (Å²) in [7, 11) is -2.21. The standard InChI is InChI=1S/C16H18N4O5S/c1-10(21)13-7-11-9-19(5-6-20(11)17-13)26(23,24)12-3-4-15-14(8-12)18(2)16(22)25-15/h3-4,7-8,10,21H,5-6,9H2,1-2H3. The van der Waals surface area contributed by atoms with E-state index in [4.69, 9.17) is 4.42 Å². The zero-order chi connectivity index (χ0) is 18.6. The van der Waals surface area contributed by atoms with E-state index in [1.54, 1.807) is 17.7 Å². The molecule has 1 N–H and O–H groups in total. The van der Waals surface area contributed by atoms with Crippen molar-refractivity contribution in [3.63, 3.8) is 0 Å². The van der Waals surface area contributed by atoms with Gasteiger partial charge >= 0.3 is 5.76 Å². The maximum atomic E-state index is 13.0. The minimum absolute atomic E-state index is 0.102. The summed E-state index contributed by atoms with van der Waals surface area (Å²) in [5.74, 6) is -0.540. The zero-order valence-corrected chi connectivity index (χ0v) is 15.1. The van der Waals surface area contributed by atoms with Crippen LogP contribution in [0.4, 0.5) is 0 Å². The molecule has 3 heterocycles. The molecule has 1 atom stereocenters. The fraction of sp³-hybridized carbons (Fsp3) is 0.375. The molecule has 1 unspecified atom stereocenters. The van der Waals surface area contributed by atoms with E-state index in [0.717, 1.165) is 5.69 Å². The molecule has 1 aliphatic heterocycles. The van der Waals surface area contributed by atoms with E-state index in [0.29, 0.717) is 23.3 Å². The summed E-state index contributed by atoms with van der Waals surface area (Å²) in [6.07, 6.45) is -0.706. The van der Waals surface area contributed by atoms with Crippen LogP contribution in [0.3, 0.4) is 0 Å². The SMILES string of the molecule is CC(O)c1cc2n(n1)CCN(S(=O)(=O)c1ccc3oc(=O)n(C)c3c1)C2. The quantitative estimate of drug-likeness (QED) is 0.714. The highest BCUT2D eigenvalue weighted by Gasteiger charge is 2.30. The maximum Gasteiger partial charge on any atom is 0.419 e. The monoisotopic (exact) mass is 378 g/mol. The fourth-order valence-corrected chi connectivity index (χ4v) is 4.51. The minimum Gasteiger partial charge on any atom is -0.408 e. The summed E-state index contributed by atoms with van der Waals surface area (Å²) in [5, 5.41) is 14.0. The van der Waals surface area contributed by atoms with Gasteiger partial charge < -0.3 is 9.52 Å². The van der Waals surface area contributed by atoms with Gasteiger partial charge in [-0.05, 0) is 31.2 Å². The average molecular weight is 378 g/mol. The van der Waals surface area contributed by atoms with Crippen LogP contribution in [0.1, 0.15) is 24.4 Å². The summed E-state index contributed by atoms with van der Waals surface area (Å²) in [6.45, 7) is 2.48. The molecule has 0 aliphatic carbocycles. The van der Waals surface area contributed by atoms with Crippen LogP contribution >= 0.6 is 0 Å². The Morgan fingerprint density at radius 1 is 1.27 bits per heavy atom. The third-order valence-electron chi connectivity index (χ3n) is 4.61. The fourth-order valence-electron chi connectivity index (χ4n) is 3.09. The molecule has 26 heavy (non-hydrogen) atoms. The van der Waals surface area contributed by atoms with Crippen molar-refractivity contribution < 1.29 is 17.9 Å². The molecule has 0 bridgehead atoms. The number of nitrogens with zero attached hydrogens (tertiary/aromatic N) is 4. The first kappa shape index (κ1) is 17.0. The number of hydrogen-bond acceptors (Lipinski definition) is 6. The Bertz CT molecular complexity index is 1160. The number of fused-ring (bicyclic) bond motifs is 2. The molecule has 1 aromatic carbocycles. The van der Waals surface area contributed by atoms with Gasteiger partial charge in [0.1, 0.15) is 0 Å². The number of sulfonamides is 1. The third kappa shape index (κ3) is 2.57. The van der Waals surface area contributed by atoms with Gasteiger partial charge in [0.15, 0.2) is 5.58 Å². The van der Waals surface area contributed by atoms with Crippen molar-refractivity contribution in [2.24, 2.45) is 7.05 Å². The first-order valence-corrected chi connectivity index (χ1v) is 9.56. The lowest BCUT2D eigenvalue weighted by Gasteiger charge is -2.26. The zero-order valence-electron chi connectivity index (χ0n) is 14.3. The smallest absolute Gasteiger partial charge is 0.408 e. The second-order valence-corrected chi connectivity index (χ2v) is 8.29. The Balaban J connectivity index is 1.70. The Morgan fingerprint density at radius 2 is 2.04 bits per heavy atom. The van der Waals surface area contributed by atoms with Crippen molar-refractivity contribution in [1.29, 1.82) is 0 Å². The van der Waals surface area contributed by atoms with E-state index in [1.807, 2.05) is 0 Å². The molecule has 10 heteroatoms. The van der Waals surface area contributed by atoms with Crippen molar-refractivity contribution in [3.05, 3.63) is 46.2 Å². The lowest BCUT2D eigenvalue weighted by molar-refractivity contribution is 0.192. The van der Waals surface area contributed by atoms with E-state index in [9.17, 15) is 18.3 Å². The summed E-state index contributed by atoms with van der Waals surface area (Å²) in [5.41, 5.74) is 2.02. The Hall–Kier alpha value is -2.43. The second kappa shape index (κ2) is 5.79. The van der Waals surface area contributed by atoms with Gasteiger partial charge in [-0.2, -0.15) is 9.40 Å². The number of oxazole rings is 1. The van der Waals surface area contributed by atoms with Gasteiger partial charge in [-0.25, -0.2) is 13.2 Å². The predicted octanol–water partition coefficient (Wildman–Crippen LogP) is 0.586. The van der Waals surface area contributed by atoms with Crippen molar-refractivity contribution in [2.45, 2.75) is 31.0 Å². The van der Waals surface area contributed by atoms with E-state index in [-0.39, 0.29) is 18.0 Å². The highest BCUT2D eigenvalue weighted by Crippen LogP contribution is 2.25. The molecule has 3 aromatic rings. The molecule has 0 spiro atoms. The topological polar surface area (TPSA) is 111 Å². The van der Waals surface area contributed by atoms with Crippen LogP contribution < -0.4 is 5.76 Å². The van der Waals surface area contributed by atoms with Crippen molar-refractivity contribution in [3.8, 4) is 0 Å². The number of hydrogen-bond donors (Lipinski definition) is 1. The maximum absolute atomic E-state index is 13.0. The van der Waals surface area contributed by atoms with Gasteiger partial charge in [0, 0.05) is 13.6 Å². The summed E-state index contributed by atoms with van der Waals surface area (Å²) in [6, 6.07) is 6.09. The molecule has 0 saturated carbocycles. The number of aryl methyl sites for hydroxylation is 1. The Labute approximate surface area is 149 Å². The number of benzene rings is 1. The molecule has 2 aromatic heterocycles. The van der Waals surface area contributed by atoms with Crippen LogP contribution in [0.2, 0.25) is 0 Å². The van der Waals surface area contributed by atoms with Gasteiger partial charge in [0.25, 0.3) is 0 Å². The molecular weight excluding hydrogens is 360 g/mol. The van der Waals surface area contributed by atoms with Gasteiger partial charge in [0.05, 0.1) is 41.0 Å². The molecule has 9 nitrogen and oxygen atoms in total. The van der Waals surface area contributed by atoms with Crippen LogP contribution in [-0.4, -0.2) is 38.7 Å². The summed E-state index contributed by atoms with van der Waals surface area (Å²) >= 11 is 0. The number of aromatic nitrogens is 3. The normalized spacial score (nSPS) is 16.7. The molecular formula is C16H18N4O5S. The van der Waals surface area contributed by atoms with Crippen molar-refractivity contribution in [2.75, 3.05) is 6.54 Å². The van der Waals surface area contributed by atoms with E-state index in [2.05, 4.69) is 5.10 Å². The van der Waals surface area contributed by atoms with Crippen LogP contribution in [0.5, 0.6) is 0 Å². The molecule has 138 valence electrons. The largest absolute Gasteiger partial charge is 0.419 e. The van der Waals surface area contributed by atoms with E-state index >= 15 is 0 Å². The van der Waals surface area contributed by atoms with Crippen molar-refractivity contribution in [1.82, 2.24) is 18.7 Å².